The minimum Gasteiger partial charge on any atom is -0.302 e. The van der Waals surface area contributed by atoms with Gasteiger partial charge in [0.1, 0.15) is 0 Å². The summed E-state index contributed by atoms with van der Waals surface area (Å²) in [6.45, 7) is 5.36. The summed E-state index contributed by atoms with van der Waals surface area (Å²) < 4.78 is 5.55. The van der Waals surface area contributed by atoms with Crippen molar-refractivity contribution in [2.24, 2.45) is 11.8 Å². The van der Waals surface area contributed by atoms with Gasteiger partial charge in [-0.05, 0) is 70.1 Å². The molecule has 0 heterocycles. The van der Waals surface area contributed by atoms with Crippen LogP contribution in [-0.2, 0) is 62.4 Å². The van der Waals surface area contributed by atoms with E-state index in [-0.39, 0.29) is 0 Å². The molecule has 16 heavy (non-hydrogen) atoms. The van der Waals surface area contributed by atoms with Crippen molar-refractivity contribution in [1.29, 1.82) is 0 Å². The zero-order valence-corrected chi connectivity index (χ0v) is 14.9. The molecule has 0 amide bonds. The van der Waals surface area contributed by atoms with Crippen LogP contribution < -0.4 is 0 Å². The fourth-order valence-corrected chi connectivity index (χ4v) is 3.63. The fraction of sp³-hybridized carbons (Fsp3) is 1.00. The molecule has 0 fully saturated rings. The molecule has 0 aliphatic carbocycles. The first-order valence-electron chi connectivity index (χ1n) is 5.39. The lowest BCUT2D eigenvalue weighted by Gasteiger charge is -2.21. The molecule has 0 aliphatic rings. The molecule has 2 atom stereocenters. The Labute approximate surface area is 120 Å². The lowest BCUT2D eigenvalue weighted by atomic mass is 9.87. The smallest absolute Gasteiger partial charge is 0.0754 e. The maximum Gasteiger partial charge on any atom is 0.0754 e. The summed E-state index contributed by atoms with van der Waals surface area (Å²) in [4.78, 5) is 0. The normalized spacial score (nSPS) is 16.2. The maximum absolute atomic E-state index is 5.55. The van der Waals surface area contributed by atoms with Crippen LogP contribution in [0.4, 0.5) is 0 Å². The molecule has 0 saturated carbocycles. The van der Waals surface area contributed by atoms with Crippen LogP contribution in [0.1, 0.15) is 40.0 Å². The second-order valence-electron chi connectivity index (χ2n) is 3.82. The van der Waals surface area contributed by atoms with Gasteiger partial charge in [0, 0.05) is 0 Å². The molecule has 0 aliphatic heterocycles. The van der Waals surface area contributed by atoms with Crippen molar-refractivity contribution < 1.29 is 4.18 Å². The largest absolute Gasteiger partial charge is 0.302 e. The first-order chi connectivity index (χ1) is 7.35. The van der Waals surface area contributed by atoms with Crippen molar-refractivity contribution in [3.63, 3.8) is 0 Å². The second-order valence-corrected chi connectivity index (χ2v) is 17.2. The molecule has 0 rings (SSSR count). The lowest BCUT2D eigenvalue weighted by Crippen LogP contribution is -2.14. The summed E-state index contributed by atoms with van der Waals surface area (Å²) in [5.74, 6) is 1.41. The van der Waals surface area contributed by atoms with E-state index in [2.05, 4.69) is 20.8 Å². The fourth-order valence-electron chi connectivity index (χ4n) is 1.57. The molecular formula is C9H20OS6. The van der Waals surface area contributed by atoms with Gasteiger partial charge in [-0.3, -0.25) is 0 Å². The third kappa shape index (κ3) is 6.47. The molecule has 0 aromatic carbocycles. The summed E-state index contributed by atoms with van der Waals surface area (Å²) in [5.41, 5.74) is 0. The van der Waals surface area contributed by atoms with Gasteiger partial charge in [-0.25, -0.2) is 0 Å². The highest BCUT2D eigenvalue weighted by molar-refractivity contribution is 9.03. The first kappa shape index (κ1) is 17.5. The topological polar surface area (TPSA) is 9.23 Å². The van der Waals surface area contributed by atoms with Gasteiger partial charge in [-0.15, -0.1) is 0 Å². The van der Waals surface area contributed by atoms with E-state index in [1.807, 2.05) is 0 Å². The van der Waals surface area contributed by atoms with Crippen molar-refractivity contribution in [1.82, 2.24) is 0 Å². The Balaban J connectivity index is 4.16. The number of thiol groups is 1. The van der Waals surface area contributed by atoms with E-state index in [9.17, 15) is 0 Å². The quantitative estimate of drug-likeness (QED) is 0.537. The minimum atomic E-state index is -1.97. The summed E-state index contributed by atoms with van der Waals surface area (Å²) >= 11 is 20.3. The van der Waals surface area contributed by atoms with Gasteiger partial charge in [-0.1, -0.05) is 33.6 Å². The van der Waals surface area contributed by atoms with Gasteiger partial charge >= 0.3 is 0 Å². The van der Waals surface area contributed by atoms with E-state index in [4.69, 9.17) is 48.9 Å². The highest BCUT2D eigenvalue weighted by Crippen LogP contribution is 2.22. The summed E-state index contributed by atoms with van der Waals surface area (Å²) in [6, 6.07) is 0. The Hall–Kier alpha value is 1.54. The van der Waals surface area contributed by atoms with Gasteiger partial charge in [-0.2, -0.15) is 0 Å². The van der Waals surface area contributed by atoms with Gasteiger partial charge < -0.3 is 4.18 Å². The van der Waals surface area contributed by atoms with Gasteiger partial charge in [0.2, 0.25) is 0 Å². The van der Waals surface area contributed by atoms with E-state index in [1.54, 1.807) is 0 Å². The molecule has 0 radical (unpaired) electrons. The van der Waals surface area contributed by atoms with Gasteiger partial charge in [0.05, 0.1) is 13.1 Å². The van der Waals surface area contributed by atoms with E-state index >= 15 is 0 Å². The molecule has 0 spiro atoms. The van der Waals surface area contributed by atoms with Crippen molar-refractivity contribution in [2.45, 2.75) is 40.0 Å². The zero-order chi connectivity index (χ0) is 12.8. The monoisotopic (exact) mass is 336 g/mol. The van der Waals surface area contributed by atoms with Crippen molar-refractivity contribution in [3.8, 4) is 0 Å². The van der Waals surface area contributed by atoms with Crippen LogP contribution in [0.2, 0.25) is 0 Å². The van der Waals surface area contributed by atoms with E-state index in [0.29, 0.717) is 12.5 Å². The van der Waals surface area contributed by atoms with Crippen LogP contribution in [0.3, 0.4) is 0 Å². The van der Waals surface area contributed by atoms with Crippen LogP contribution in [0.15, 0.2) is 0 Å². The molecule has 0 aromatic rings. The third-order valence-corrected chi connectivity index (χ3v) is 15.6. The number of hydrogen-bond donors (Lipinski definition) is 1. The average molecular weight is 337 g/mol. The second kappa shape index (κ2) is 8.61. The molecule has 2 unspecified atom stereocenters. The Morgan fingerprint density at radius 3 is 2.12 bits per heavy atom. The van der Waals surface area contributed by atoms with E-state index in [0.717, 1.165) is 12.3 Å². The maximum atomic E-state index is 5.55. The Kier molecular flexibility index (Phi) is 9.44. The summed E-state index contributed by atoms with van der Waals surface area (Å²) in [5, 5.41) is 0. The highest BCUT2D eigenvalue weighted by Gasteiger charge is 2.14. The summed E-state index contributed by atoms with van der Waals surface area (Å²) in [6.07, 6.45) is 3.39. The van der Waals surface area contributed by atoms with Crippen LogP contribution in [0.5, 0.6) is 0 Å². The molecule has 98 valence electrons. The van der Waals surface area contributed by atoms with E-state index < -0.39 is 13.5 Å². The molecule has 7 heteroatoms. The SMILES string of the molecule is CCC(C)C(CC)CCOS(=S)(=S)[SH](=S)=S. The minimum absolute atomic E-state index is 0.622. The van der Waals surface area contributed by atoms with Gasteiger partial charge in [0.25, 0.3) is 0 Å². The lowest BCUT2D eigenvalue weighted by molar-refractivity contribution is 0.255. The molecule has 1 nitrogen and oxygen atoms in total. The van der Waals surface area contributed by atoms with Crippen molar-refractivity contribution >= 4 is 58.3 Å². The van der Waals surface area contributed by atoms with Crippen LogP contribution in [-0.4, -0.2) is 6.61 Å². The molecular weight excluding hydrogens is 316 g/mol. The molecule has 0 N–H and O–H groups in total. The molecule has 0 aromatic heterocycles. The van der Waals surface area contributed by atoms with E-state index in [1.165, 1.54) is 12.8 Å². The Morgan fingerprint density at radius 2 is 1.75 bits per heavy atom. The molecule has 0 saturated heterocycles. The van der Waals surface area contributed by atoms with Crippen LogP contribution >= 0.6 is 0 Å². The zero-order valence-electron chi connectivity index (χ0n) is 9.88. The highest BCUT2D eigenvalue weighted by atomic mass is 33.7. The average Bonchev–Trinajstić information content (AvgIpc) is 2.23. The molecule has 0 bridgehead atoms. The number of rotatable bonds is 8. The first-order valence-corrected chi connectivity index (χ1v) is 12.8. The Morgan fingerprint density at radius 1 is 1.19 bits per heavy atom. The third-order valence-electron chi connectivity index (χ3n) is 2.88. The summed E-state index contributed by atoms with van der Waals surface area (Å²) in [7, 11) is -1.14. The van der Waals surface area contributed by atoms with Gasteiger partial charge in [0.15, 0.2) is 0 Å². The van der Waals surface area contributed by atoms with Crippen LogP contribution in [0, 0.1) is 11.8 Å². The predicted molar refractivity (Wildman–Crippen MR) is 89.4 cm³/mol. The van der Waals surface area contributed by atoms with Crippen LogP contribution in [0.25, 0.3) is 0 Å². The number of hydrogen-bond acceptors (Lipinski definition) is 5. The predicted octanol–water partition coefficient (Wildman–Crippen LogP) is 2.65. The Bertz CT molecular complexity index is 348. The van der Waals surface area contributed by atoms with Crippen molar-refractivity contribution in [3.05, 3.63) is 0 Å². The standard InChI is InChI=1S/C9H20OS6/c1-4-8(3)9(5-2)6-7-10-16(13,14)15(11)12/h8-9,15H,4-7H2,1-3H3. The van der Waals surface area contributed by atoms with Crippen molar-refractivity contribution in [2.75, 3.05) is 6.61 Å².